The SMILES string of the molecule is CC(C)(CC(O)(CF)Cc1cc2ccncc2[nH]1)c1cccc(OCF)c1. The summed E-state index contributed by atoms with van der Waals surface area (Å²) in [5.41, 5.74) is 0.382. The minimum absolute atomic E-state index is 0.155. The van der Waals surface area contributed by atoms with Crippen LogP contribution in [0.15, 0.2) is 48.8 Å². The van der Waals surface area contributed by atoms with Gasteiger partial charge in [0, 0.05) is 23.7 Å². The van der Waals surface area contributed by atoms with Gasteiger partial charge in [-0.1, -0.05) is 26.0 Å². The largest absolute Gasteiger partial charge is 0.463 e. The normalized spacial score (nSPS) is 14.3. The number of ether oxygens (including phenoxy) is 1. The van der Waals surface area contributed by atoms with Crippen LogP contribution >= 0.6 is 0 Å². The summed E-state index contributed by atoms with van der Waals surface area (Å²) in [5.74, 6) is 0.412. The summed E-state index contributed by atoms with van der Waals surface area (Å²) in [6.07, 6.45) is 3.75. The van der Waals surface area contributed by atoms with Gasteiger partial charge in [0.05, 0.1) is 17.3 Å². The lowest BCUT2D eigenvalue weighted by Crippen LogP contribution is -2.40. The van der Waals surface area contributed by atoms with Gasteiger partial charge < -0.3 is 14.8 Å². The minimum atomic E-state index is -1.53. The van der Waals surface area contributed by atoms with E-state index in [0.717, 1.165) is 22.2 Å². The summed E-state index contributed by atoms with van der Waals surface area (Å²) in [4.78, 5) is 7.25. The maximum atomic E-state index is 13.9. The van der Waals surface area contributed by atoms with Crippen LogP contribution in [0.5, 0.6) is 5.75 Å². The van der Waals surface area contributed by atoms with Crippen LogP contribution < -0.4 is 4.74 Å². The molecular formula is C21H24F2N2O2. The number of aromatic nitrogens is 2. The smallest absolute Gasteiger partial charge is 0.228 e. The number of aromatic amines is 1. The molecule has 0 radical (unpaired) electrons. The van der Waals surface area contributed by atoms with Crippen LogP contribution in [0.2, 0.25) is 0 Å². The molecule has 2 N–H and O–H groups in total. The van der Waals surface area contributed by atoms with E-state index in [1.807, 2.05) is 32.0 Å². The van der Waals surface area contributed by atoms with E-state index in [2.05, 4.69) is 9.97 Å². The van der Waals surface area contributed by atoms with Gasteiger partial charge in [0.2, 0.25) is 6.86 Å². The molecule has 1 aromatic carbocycles. The average molecular weight is 374 g/mol. The van der Waals surface area contributed by atoms with E-state index in [1.165, 1.54) is 0 Å². The highest BCUT2D eigenvalue weighted by atomic mass is 19.1. The molecule has 3 rings (SSSR count). The summed E-state index contributed by atoms with van der Waals surface area (Å²) in [6.45, 7) is 2.08. The molecule has 0 fully saturated rings. The fourth-order valence-electron chi connectivity index (χ4n) is 3.63. The summed E-state index contributed by atoms with van der Waals surface area (Å²) in [7, 11) is 0. The second kappa shape index (κ2) is 7.64. The Hall–Kier alpha value is -2.47. The van der Waals surface area contributed by atoms with Gasteiger partial charge in [0.15, 0.2) is 0 Å². The van der Waals surface area contributed by atoms with Gasteiger partial charge >= 0.3 is 0 Å². The number of benzene rings is 1. The van der Waals surface area contributed by atoms with E-state index in [-0.39, 0.29) is 12.8 Å². The summed E-state index contributed by atoms with van der Waals surface area (Å²) < 4.78 is 31.2. The molecule has 0 saturated heterocycles. The first-order valence-corrected chi connectivity index (χ1v) is 8.84. The van der Waals surface area contributed by atoms with Gasteiger partial charge in [-0.2, -0.15) is 0 Å². The van der Waals surface area contributed by atoms with Gasteiger partial charge in [0.25, 0.3) is 0 Å². The van der Waals surface area contributed by atoms with Crippen molar-refractivity contribution in [3.63, 3.8) is 0 Å². The van der Waals surface area contributed by atoms with Crippen molar-refractivity contribution < 1.29 is 18.6 Å². The molecule has 3 aromatic rings. The Morgan fingerprint density at radius 2 is 2.00 bits per heavy atom. The van der Waals surface area contributed by atoms with Crippen molar-refractivity contribution >= 4 is 10.9 Å². The van der Waals surface area contributed by atoms with Gasteiger partial charge in [-0.25, -0.2) is 8.78 Å². The quantitative estimate of drug-likeness (QED) is 0.611. The third-order valence-electron chi connectivity index (χ3n) is 4.86. The molecule has 0 aliphatic heterocycles. The highest BCUT2D eigenvalue weighted by Gasteiger charge is 2.36. The zero-order chi connectivity index (χ0) is 19.5. The maximum Gasteiger partial charge on any atom is 0.228 e. The number of alkyl halides is 2. The molecule has 4 nitrogen and oxygen atoms in total. The number of hydrogen-bond acceptors (Lipinski definition) is 3. The Balaban J connectivity index is 1.82. The number of fused-ring (bicyclic) bond motifs is 1. The van der Waals surface area contributed by atoms with Crippen molar-refractivity contribution in [1.82, 2.24) is 9.97 Å². The Bertz CT molecular complexity index is 877. The molecule has 144 valence electrons. The molecule has 6 heteroatoms. The van der Waals surface area contributed by atoms with Crippen LogP contribution in [0.3, 0.4) is 0 Å². The van der Waals surface area contributed by atoms with E-state index in [0.29, 0.717) is 5.75 Å². The highest BCUT2D eigenvalue weighted by molar-refractivity contribution is 5.79. The monoisotopic (exact) mass is 374 g/mol. The lowest BCUT2D eigenvalue weighted by atomic mass is 9.74. The Morgan fingerprint density at radius 1 is 1.19 bits per heavy atom. The number of nitrogens with zero attached hydrogens (tertiary/aromatic N) is 1. The Labute approximate surface area is 157 Å². The molecule has 0 bridgehead atoms. The zero-order valence-corrected chi connectivity index (χ0v) is 15.5. The van der Waals surface area contributed by atoms with Gasteiger partial charge in [-0.15, -0.1) is 0 Å². The van der Waals surface area contributed by atoms with Crippen LogP contribution in [0.1, 0.15) is 31.5 Å². The number of hydrogen-bond donors (Lipinski definition) is 2. The number of aliphatic hydroxyl groups is 1. The third kappa shape index (κ3) is 4.45. The standard InChI is InChI=1S/C21H24F2N2O2/c1-20(2,16-4-3-5-18(9-16)27-14-23)12-21(26,13-22)10-17-8-15-6-7-24-11-19(15)25-17/h3-9,11,25-26H,10,12-14H2,1-2H3. The third-order valence-corrected chi connectivity index (χ3v) is 4.86. The number of nitrogens with one attached hydrogen (secondary N) is 1. The summed E-state index contributed by atoms with van der Waals surface area (Å²) >= 11 is 0. The van der Waals surface area contributed by atoms with Crippen LogP contribution in [0.25, 0.3) is 10.9 Å². The lowest BCUT2D eigenvalue weighted by Gasteiger charge is -2.35. The van der Waals surface area contributed by atoms with Gasteiger partial charge in [-0.05, 0) is 41.7 Å². The molecule has 2 aromatic heterocycles. The first-order chi connectivity index (χ1) is 12.8. The second-order valence-electron chi connectivity index (χ2n) is 7.63. The van der Waals surface area contributed by atoms with Crippen molar-refractivity contribution in [2.45, 2.75) is 37.7 Å². The molecule has 27 heavy (non-hydrogen) atoms. The van der Waals surface area contributed by atoms with E-state index < -0.39 is 24.6 Å². The Morgan fingerprint density at radius 3 is 2.70 bits per heavy atom. The van der Waals surface area contributed by atoms with Crippen molar-refractivity contribution in [3.05, 3.63) is 60.0 Å². The molecule has 0 saturated carbocycles. The second-order valence-corrected chi connectivity index (χ2v) is 7.63. The molecule has 1 unspecified atom stereocenters. The van der Waals surface area contributed by atoms with Gasteiger partial charge in [-0.3, -0.25) is 4.98 Å². The Kier molecular flexibility index (Phi) is 5.46. The van der Waals surface area contributed by atoms with Crippen molar-refractivity contribution in [2.75, 3.05) is 13.5 Å². The predicted molar refractivity (Wildman–Crippen MR) is 101 cm³/mol. The van der Waals surface area contributed by atoms with Crippen LogP contribution in [-0.2, 0) is 11.8 Å². The fourth-order valence-corrected chi connectivity index (χ4v) is 3.63. The maximum absolute atomic E-state index is 13.9. The average Bonchev–Trinajstić information content (AvgIpc) is 3.03. The number of H-pyrrole nitrogens is 1. The first kappa shape index (κ1) is 19.3. The highest BCUT2D eigenvalue weighted by Crippen LogP contribution is 2.36. The molecule has 2 heterocycles. The molecule has 0 spiro atoms. The minimum Gasteiger partial charge on any atom is -0.463 e. The zero-order valence-electron chi connectivity index (χ0n) is 15.5. The van der Waals surface area contributed by atoms with Crippen molar-refractivity contribution in [1.29, 1.82) is 0 Å². The van der Waals surface area contributed by atoms with Crippen LogP contribution in [0.4, 0.5) is 8.78 Å². The van der Waals surface area contributed by atoms with E-state index in [1.54, 1.807) is 30.6 Å². The van der Waals surface area contributed by atoms with Crippen LogP contribution in [-0.4, -0.2) is 34.2 Å². The fraction of sp³-hybridized carbons (Fsp3) is 0.381. The lowest BCUT2D eigenvalue weighted by molar-refractivity contribution is -0.00927. The molecule has 0 amide bonds. The van der Waals surface area contributed by atoms with Crippen molar-refractivity contribution in [2.24, 2.45) is 0 Å². The molecule has 1 atom stereocenters. The van der Waals surface area contributed by atoms with Gasteiger partial charge in [0.1, 0.15) is 12.4 Å². The van der Waals surface area contributed by atoms with Crippen LogP contribution in [0, 0.1) is 0 Å². The number of pyridine rings is 1. The molecule has 0 aliphatic rings. The predicted octanol–water partition coefficient (Wildman–Crippen LogP) is 4.48. The number of rotatable bonds is 8. The summed E-state index contributed by atoms with van der Waals surface area (Å²) in [5, 5.41) is 11.9. The topological polar surface area (TPSA) is 58.1 Å². The van der Waals surface area contributed by atoms with E-state index in [4.69, 9.17) is 4.74 Å². The number of halogens is 2. The summed E-state index contributed by atoms with van der Waals surface area (Å²) in [6, 6.07) is 10.8. The van der Waals surface area contributed by atoms with E-state index >= 15 is 0 Å². The molecular weight excluding hydrogens is 350 g/mol. The van der Waals surface area contributed by atoms with E-state index in [9.17, 15) is 13.9 Å². The first-order valence-electron chi connectivity index (χ1n) is 8.84. The molecule has 0 aliphatic carbocycles. The van der Waals surface area contributed by atoms with Crippen molar-refractivity contribution in [3.8, 4) is 5.75 Å².